The van der Waals surface area contributed by atoms with Crippen molar-refractivity contribution in [3.8, 4) is 5.75 Å². The Morgan fingerprint density at radius 1 is 1.10 bits per heavy atom. The zero-order valence-electron chi connectivity index (χ0n) is 19.0. The van der Waals surface area contributed by atoms with Crippen molar-refractivity contribution in [2.75, 3.05) is 7.11 Å². The fourth-order valence-corrected chi connectivity index (χ4v) is 3.71. The van der Waals surface area contributed by atoms with Crippen molar-refractivity contribution in [3.05, 3.63) is 76.9 Å². The molecule has 5 heteroatoms. The minimum absolute atomic E-state index is 0.115. The number of fused-ring (bicyclic) bond motifs is 1. The highest BCUT2D eigenvalue weighted by Gasteiger charge is 2.26. The van der Waals surface area contributed by atoms with Crippen molar-refractivity contribution < 1.29 is 23.7 Å². The van der Waals surface area contributed by atoms with E-state index in [-0.39, 0.29) is 36.8 Å². The van der Waals surface area contributed by atoms with Crippen LogP contribution in [-0.2, 0) is 25.6 Å². The summed E-state index contributed by atoms with van der Waals surface area (Å²) in [7, 11) is 1.65. The molecule has 0 aromatic heterocycles. The summed E-state index contributed by atoms with van der Waals surface area (Å²) in [6.45, 7) is 8.41. The molecule has 0 radical (unpaired) electrons. The third kappa shape index (κ3) is 6.18. The number of rotatable bonds is 6. The first-order chi connectivity index (χ1) is 14.9. The highest BCUT2D eigenvalue weighted by molar-refractivity contribution is 5.71. The van der Waals surface area contributed by atoms with Crippen molar-refractivity contribution in [2.24, 2.45) is 0 Å². The Morgan fingerprint density at radius 3 is 2.39 bits per heavy atom. The van der Waals surface area contributed by atoms with Gasteiger partial charge in [-0.05, 0) is 62.1 Å². The van der Waals surface area contributed by atoms with Crippen molar-refractivity contribution in [3.63, 3.8) is 0 Å². The first kappa shape index (κ1) is 23.0. The predicted molar refractivity (Wildman–Crippen MR) is 120 cm³/mol. The van der Waals surface area contributed by atoms with Crippen molar-refractivity contribution in [2.45, 2.75) is 65.1 Å². The fourth-order valence-electron chi connectivity index (χ4n) is 3.71. The van der Waals surface area contributed by atoms with Gasteiger partial charge in [-0.1, -0.05) is 42.5 Å². The second-order valence-electron chi connectivity index (χ2n) is 7.99. The van der Waals surface area contributed by atoms with Crippen molar-refractivity contribution in [1.82, 2.24) is 0 Å². The number of hydrogen-bond donors (Lipinski definition) is 0. The molecule has 31 heavy (non-hydrogen) atoms. The van der Waals surface area contributed by atoms with E-state index in [1.807, 2.05) is 82.3 Å². The normalized spacial score (nSPS) is 23.1. The average Bonchev–Trinajstić information content (AvgIpc) is 2.80. The first-order valence-corrected chi connectivity index (χ1v) is 10.7. The van der Waals surface area contributed by atoms with Crippen LogP contribution in [0.5, 0.6) is 5.75 Å². The molecule has 0 spiro atoms. The number of cyclic esters (lactones) is 1. The number of carbonyl (C=O) groups excluding carboxylic acids is 1. The highest BCUT2D eigenvalue weighted by atomic mass is 16.5. The molecule has 2 aromatic carbocycles. The molecule has 0 bridgehead atoms. The van der Waals surface area contributed by atoms with Gasteiger partial charge < -0.3 is 18.9 Å². The summed E-state index contributed by atoms with van der Waals surface area (Å²) >= 11 is 0. The van der Waals surface area contributed by atoms with Crippen molar-refractivity contribution in [1.29, 1.82) is 0 Å². The smallest absolute Gasteiger partial charge is 0.309 e. The van der Waals surface area contributed by atoms with Crippen molar-refractivity contribution >= 4 is 5.97 Å². The monoisotopic (exact) mass is 424 g/mol. The maximum absolute atomic E-state index is 12.5. The summed E-state index contributed by atoms with van der Waals surface area (Å²) in [5, 5.41) is 0. The lowest BCUT2D eigenvalue weighted by atomic mass is 9.99. The lowest BCUT2D eigenvalue weighted by molar-refractivity contribution is -0.150. The van der Waals surface area contributed by atoms with Crippen LogP contribution in [0.1, 0.15) is 63.0 Å². The molecule has 166 valence electrons. The van der Waals surface area contributed by atoms with Crippen LogP contribution in [0.15, 0.2) is 60.2 Å². The maximum atomic E-state index is 12.5. The van der Waals surface area contributed by atoms with E-state index < -0.39 is 0 Å². The fraction of sp³-hybridized carbons (Fsp3) is 0.423. The van der Waals surface area contributed by atoms with Crippen LogP contribution in [0.3, 0.4) is 0 Å². The molecule has 0 saturated carbocycles. The van der Waals surface area contributed by atoms with Gasteiger partial charge in [0.25, 0.3) is 0 Å². The largest absolute Gasteiger partial charge is 0.497 e. The van der Waals surface area contributed by atoms with Crippen LogP contribution in [0.2, 0.25) is 0 Å². The van der Waals surface area contributed by atoms with Crippen LogP contribution in [-0.4, -0.2) is 25.3 Å². The van der Waals surface area contributed by atoms with Gasteiger partial charge in [0.05, 0.1) is 38.4 Å². The van der Waals surface area contributed by atoms with E-state index in [0.717, 1.165) is 28.0 Å². The third-order valence-corrected chi connectivity index (χ3v) is 5.68. The zero-order valence-corrected chi connectivity index (χ0v) is 19.0. The summed E-state index contributed by atoms with van der Waals surface area (Å²) in [5.41, 5.74) is 4.12. The molecule has 5 nitrogen and oxygen atoms in total. The Kier molecular flexibility index (Phi) is 7.88. The molecule has 0 amide bonds. The average molecular weight is 425 g/mol. The number of hydrogen-bond acceptors (Lipinski definition) is 5. The minimum atomic E-state index is -0.382. The zero-order chi connectivity index (χ0) is 22.4. The second kappa shape index (κ2) is 10.6. The Hall–Kier alpha value is -2.63. The number of ether oxygens (including phenoxy) is 4. The standard InChI is InChI=1S/C26H32O5/c1-17(18(2)29-16-21-10-12-22(28-5)13-11-21)14-23-15-26(27)31-20(4)25-9-7-6-8-24(25)19(3)30-23/h6-14,18-20,23H,15-16H2,1-5H3/b17-14-/t18-,19-,20-,23+/m0/s1. The molecule has 3 rings (SSSR count). The molecule has 2 aromatic rings. The van der Waals surface area contributed by atoms with E-state index >= 15 is 0 Å². The molecule has 0 unspecified atom stereocenters. The van der Waals surface area contributed by atoms with E-state index in [0.29, 0.717) is 6.61 Å². The van der Waals surface area contributed by atoms with Gasteiger partial charge in [-0.15, -0.1) is 0 Å². The van der Waals surface area contributed by atoms with E-state index in [1.54, 1.807) is 7.11 Å². The lowest BCUT2D eigenvalue weighted by Crippen LogP contribution is -2.20. The van der Waals surface area contributed by atoms with Gasteiger partial charge in [0.1, 0.15) is 11.9 Å². The molecule has 1 heterocycles. The van der Waals surface area contributed by atoms with E-state index in [9.17, 15) is 4.79 Å². The molecule has 0 fully saturated rings. The van der Waals surface area contributed by atoms with Gasteiger partial charge in [0.15, 0.2) is 0 Å². The molecule has 0 aliphatic carbocycles. The van der Waals surface area contributed by atoms with Crippen LogP contribution in [0.25, 0.3) is 0 Å². The SMILES string of the molecule is COc1ccc(CO[C@@H](C)/C(C)=C\[C@@H]2CC(=O)O[C@@H](C)c3ccccc3[C@H](C)O2)cc1. The predicted octanol–water partition coefficient (Wildman–Crippen LogP) is 5.70. The third-order valence-electron chi connectivity index (χ3n) is 5.68. The van der Waals surface area contributed by atoms with Crippen LogP contribution in [0.4, 0.5) is 0 Å². The van der Waals surface area contributed by atoms with Gasteiger partial charge in [-0.3, -0.25) is 4.79 Å². The molecule has 4 atom stereocenters. The summed E-state index contributed by atoms with van der Waals surface area (Å²) in [6, 6.07) is 15.8. The Bertz CT molecular complexity index is 902. The summed E-state index contributed by atoms with van der Waals surface area (Å²) in [6.07, 6.45) is 1.20. The van der Waals surface area contributed by atoms with Gasteiger partial charge in [-0.2, -0.15) is 0 Å². The highest BCUT2D eigenvalue weighted by Crippen LogP contribution is 2.32. The Labute approximate surface area is 185 Å². The topological polar surface area (TPSA) is 54.0 Å². The maximum Gasteiger partial charge on any atom is 0.309 e. The summed E-state index contributed by atoms with van der Waals surface area (Å²) in [5.74, 6) is 0.555. The molecule has 1 aliphatic rings. The van der Waals surface area contributed by atoms with Gasteiger partial charge >= 0.3 is 5.97 Å². The molecular formula is C26H32O5. The molecule has 0 saturated heterocycles. The minimum Gasteiger partial charge on any atom is -0.497 e. The lowest BCUT2D eigenvalue weighted by Gasteiger charge is -2.22. The molecule has 0 N–H and O–H groups in total. The number of carbonyl (C=O) groups is 1. The molecule has 1 aliphatic heterocycles. The molecular weight excluding hydrogens is 392 g/mol. The van der Waals surface area contributed by atoms with Gasteiger partial charge in [0.2, 0.25) is 0 Å². The van der Waals surface area contributed by atoms with Crippen LogP contribution >= 0.6 is 0 Å². The summed E-state index contributed by atoms with van der Waals surface area (Å²) in [4.78, 5) is 12.5. The van der Waals surface area contributed by atoms with E-state index in [4.69, 9.17) is 18.9 Å². The van der Waals surface area contributed by atoms with Crippen LogP contribution < -0.4 is 4.74 Å². The number of methoxy groups -OCH3 is 1. The Balaban J connectivity index is 1.69. The number of esters is 1. The summed E-state index contributed by atoms with van der Waals surface area (Å²) < 4.78 is 23.2. The van der Waals surface area contributed by atoms with E-state index in [1.165, 1.54) is 0 Å². The van der Waals surface area contributed by atoms with Gasteiger partial charge in [-0.25, -0.2) is 0 Å². The Morgan fingerprint density at radius 2 is 1.74 bits per heavy atom. The second-order valence-corrected chi connectivity index (χ2v) is 7.99. The first-order valence-electron chi connectivity index (χ1n) is 10.7. The van der Waals surface area contributed by atoms with Crippen LogP contribution in [0, 0.1) is 0 Å². The number of benzene rings is 2. The quantitative estimate of drug-likeness (QED) is 0.440. The van der Waals surface area contributed by atoms with E-state index in [2.05, 4.69) is 0 Å². The van der Waals surface area contributed by atoms with Gasteiger partial charge in [0, 0.05) is 0 Å².